The van der Waals surface area contributed by atoms with Gasteiger partial charge in [0.1, 0.15) is 5.75 Å². The molecule has 1 aromatic rings. The quantitative estimate of drug-likeness (QED) is 0.328. The van der Waals surface area contributed by atoms with Crippen molar-refractivity contribution in [2.75, 3.05) is 27.9 Å². The van der Waals surface area contributed by atoms with Crippen LogP contribution >= 0.6 is 0 Å². The van der Waals surface area contributed by atoms with Crippen LogP contribution in [0.4, 0.5) is 0 Å². The van der Waals surface area contributed by atoms with Crippen LogP contribution in [0.3, 0.4) is 0 Å². The van der Waals surface area contributed by atoms with Gasteiger partial charge in [-0.2, -0.15) is 0 Å². The van der Waals surface area contributed by atoms with Crippen LogP contribution in [0, 0.1) is 10.1 Å². The number of methoxy groups -OCH3 is 3. The van der Waals surface area contributed by atoms with Crippen molar-refractivity contribution in [1.29, 1.82) is 0 Å². The fourth-order valence-electron chi connectivity index (χ4n) is 1.70. The van der Waals surface area contributed by atoms with Gasteiger partial charge >= 0.3 is 11.7 Å². The monoisotopic (exact) mass is 311 g/mol. The van der Waals surface area contributed by atoms with Crippen LogP contribution in [0.5, 0.6) is 17.2 Å². The molecule has 0 atom stereocenters. The first-order valence-electron chi connectivity index (χ1n) is 6.31. The molecule has 0 saturated heterocycles. The highest BCUT2D eigenvalue weighted by Gasteiger charge is 2.24. The van der Waals surface area contributed by atoms with Gasteiger partial charge in [-0.05, 0) is 13.0 Å². The zero-order valence-electron chi connectivity index (χ0n) is 12.7. The van der Waals surface area contributed by atoms with Crippen LogP contribution in [-0.2, 0) is 9.53 Å². The molecule has 22 heavy (non-hydrogen) atoms. The van der Waals surface area contributed by atoms with E-state index >= 15 is 0 Å². The van der Waals surface area contributed by atoms with Gasteiger partial charge < -0.3 is 18.9 Å². The number of rotatable bonds is 7. The van der Waals surface area contributed by atoms with Crippen molar-refractivity contribution in [3.63, 3.8) is 0 Å². The summed E-state index contributed by atoms with van der Waals surface area (Å²) in [5.41, 5.74) is -0.410. The molecule has 0 radical (unpaired) electrons. The van der Waals surface area contributed by atoms with Gasteiger partial charge in [-0.25, -0.2) is 4.79 Å². The summed E-state index contributed by atoms with van der Waals surface area (Å²) in [6.45, 7) is 1.60. The molecule has 0 saturated carbocycles. The highest BCUT2D eigenvalue weighted by molar-refractivity contribution is 5.91. The Hall–Kier alpha value is -2.77. The molecular weight excluding hydrogens is 294 g/mol. The van der Waals surface area contributed by atoms with E-state index in [-0.39, 0.29) is 6.61 Å². The van der Waals surface area contributed by atoms with Gasteiger partial charge in [0.2, 0.25) is 0 Å². The summed E-state index contributed by atoms with van der Waals surface area (Å²) < 4.78 is 20.1. The Labute approximate surface area is 127 Å². The number of nitrogens with zero attached hydrogens (tertiary/aromatic N) is 1. The van der Waals surface area contributed by atoms with Crippen molar-refractivity contribution in [3.8, 4) is 17.2 Å². The lowest BCUT2D eigenvalue weighted by Gasteiger charge is -2.12. The summed E-state index contributed by atoms with van der Waals surface area (Å²) in [4.78, 5) is 21.9. The van der Waals surface area contributed by atoms with Gasteiger partial charge in [0.05, 0.1) is 32.9 Å². The maximum atomic E-state index is 11.6. The van der Waals surface area contributed by atoms with Crippen molar-refractivity contribution in [1.82, 2.24) is 0 Å². The molecule has 8 nitrogen and oxygen atoms in total. The van der Waals surface area contributed by atoms with E-state index in [2.05, 4.69) is 4.74 Å². The molecule has 1 aromatic carbocycles. The number of benzene rings is 1. The minimum Gasteiger partial charge on any atom is -0.496 e. The first-order valence-corrected chi connectivity index (χ1v) is 6.31. The first kappa shape index (κ1) is 17.3. The normalized spacial score (nSPS) is 10.8. The zero-order chi connectivity index (χ0) is 16.7. The van der Waals surface area contributed by atoms with Crippen LogP contribution < -0.4 is 14.2 Å². The van der Waals surface area contributed by atoms with Crippen LogP contribution in [-0.4, -0.2) is 38.8 Å². The smallest absolute Gasteiger partial charge is 0.409 e. The first-order chi connectivity index (χ1) is 10.5. The lowest BCUT2D eigenvalue weighted by molar-refractivity contribution is -0.419. The van der Waals surface area contributed by atoms with Crippen LogP contribution in [0.2, 0.25) is 0 Å². The van der Waals surface area contributed by atoms with Crippen LogP contribution in [0.25, 0.3) is 6.08 Å². The third kappa shape index (κ3) is 3.87. The number of carbonyl (C=O) groups is 1. The number of esters is 1. The largest absolute Gasteiger partial charge is 0.496 e. The number of nitro groups is 1. The van der Waals surface area contributed by atoms with Crippen molar-refractivity contribution in [2.24, 2.45) is 0 Å². The molecule has 8 heteroatoms. The van der Waals surface area contributed by atoms with Gasteiger partial charge in [0.25, 0.3) is 0 Å². The van der Waals surface area contributed by atoms with Crippen molar-refractivity contribution in [3.05, 3.63) is 33.5 Å². The van der Waals surface area contributed by atoms with E-state index in [0.29, 0.717) is 22.8 Å². The number of hydrogen-bond acceptors (Lipinski definition) is 7. The lowest BCUT2D eigenvalue weighted by atomic mass is 10.1. The third-order valence-corrected chi connectivity index (χ3v) is 2.71. The third-order valence-electron chi connectivity index (χ3n) is 2.71. The topological polar surface area (TPSA) is 97.1 Å². The second kappa shape index (κ2) is 7.87. The maximum Gasteiger partial charge on any atom is 0.409 e. The van der Waals surface area contributed by atoms with Crippen LogP contribution in [0.1, 0.15) is 12.5 Å². The molecule has 0 bridgehead atoms. The van der Waals surface area contributed by atoms with E-state index in [4.69, 9.17) is 14.2 Å². The Morgan fingerprint density at radius 1 is 1.14 bits per heavy atom. The van der Waals surface area contributed by atoms with E-state index in [9.17, 15) is 14.9 Å². The molecular formula is C14H17NO7. The highest BCUT2D eigenvalue weighted by atomic mass is 16.6. The van der Waals surface area contributed by atoms with E-state index in [1.807, 2.05) is 0 Å². The summed E-state index contributed by atoms with van der Waals surface area (Å²) in [5.74, 6) is 0.0158. The molecule has 0 aliphatic rings. The molecule has 0 N–H and O–H groups in total. The SMILES string of the molecule is CCOC(=O)C(=Cc1cc(OC)c(OC)cc1OC)[N+](=O)[O-]. The minimum absolute atomic E-state index is 0.0348. The molecule has 0 heterocycles. The molecule has 120 valence electrons. The number of ether oxygens (including phenoxy) is 4. The van der Waals surface area contributed by atoms with Gasteiger partial charge in [0, 0.05) is 17.7 Å². The summed E-state index contributed by atoms with van der Waals surface area (Å²) in [5, 5.41) is 11.0. The molecule has 0 aliphatic carbocycles. The van der Waals surface area contributed by atoms with Gasteiger partial charge in [-0.1, -0.05) is 0 Å². The number of hydrogen-bond donors (Lipinski definition) is 0. The van der Waals surface area contributed by atoms with Gasteiger partial charge in [0.15, 0.2) is 11.5 Å². The Morgan fingerprint density at radius 3 is 2.14 bits per heavy atom. The zero-order valence-corrected chi connectivity index (χ0v) is 12.7. The predicted molar refractivity (Wildman–Crippen MR) is 77.7 cm³/mol. The summed E-state index contributed by atoms with van der Waals surface area (Å²) in [6, 6.07) is 2.98. The number of carbonyl (C=O) groups excluding carboxylic acids is 1. The van der Waals surface area contributed by atoms with Gasteiger partial charge in [-0.3, -0.25) is 10.1 Å². The van der Waals surface area contributed by atoms with Crippen molar-refractivity contribution >= 4 is 12.0 Å². The van der Waals surface area contributed by atoms with Crippen molar-refractivity contribution in [2.45, 2.75) is 6.92 Å². The second-order valence-electron chi connectivity index (χ2n) is 3.96. The fraction of sp³-hybridized carbons (Fsp3) is 0.357. The Kier molecular flexibility index (Phi) is 6.18. The molecule has 0 unspecified atom stereocenters. The molecule has 0 aromatic heterocycles. The standard InChI is InChI=1S/C14H17NO7/c1-5-22-14(16)10(15(17)18)6-9-7-12(20-3)13(21-4)8-11(9)19-2/h6-8H,5H2,1-4H3. The van der Waals surface area contributed by atoms with Crippen molar-refractivity contribution < 1.29 is 28.7 Å². The molecule has 0 amide bonds. The van der Waals surface area contributed by atoms with E-state index in [1.165, 1.54) is 33.5 Å². The van der Waals surface area contributed by atoms with E-state index < -0.39 is 16.6 Å². The van der Waals surface area contributed by atoms with Crippen LogP contribution in [0.15, 0.2) is 17.8 Å². The average molecular weight is 311 g/mol. The summed E-state index contributed by atoms with van der Waals surface area (Å²) >= 11 is 0. The molecule has 0 aliphatic heterocycles. The Bertz CT molecular complexity index is 595. The van der Waals surface area contributed by atoms with E-state index in [1.54, 1.807) is 6.92 Å². The minimum atomic E-state index is -1.02. The summed E-state index contributed by atoms with van der Waals surface area (Å²) in [7, 11) is 4.28. The molecule has 1 rings (SSSR count). The predicted octanol–water partition coefficient (Wildman–Crippen LogP) is 1.89. The highest BCUT2D eigenvalue weighted by Crippen LogP contribution is 2.35. The summed E-state index contributed by atoms with van der Waals surface area (Å²) in [6.07, 6.45) is 1.07. The van der Waals surface area contributed by atoms with Gasteiger partial charge in [-0.15, -0.1) is 0 Å². The lowest BCUT2D eigenvalue weighted by Crippen LogP contribution is -2.14. The fourth-order valence-corrected chi connectivity index (χ4v) is 1.70. The molecule has 0 spiro atoms. The molecule has 0 fully saturated rings. The second-order valence-corrected chi connectivity index (χ2v) is 3.96. The maximum absolute atomic E-state index is 11.6. The van der Waals surface area contributed by atoms with E-state index in [0.717, 1.165) is 6.08 Å². The Balaban J connectivity index is 3.41. The average Bonchev–Trinajstić information content (AvgIpc) is 2.51. The Morgan fingerprint density at radius 2 is 1.68 bits per heavy atom.